The molecule has 32 heavy (non-hydrogen) atoms. The van der Waals surface area contributed by atoms with Crippen LogP contribution in [0.4, 0.5) is 5.69 Å². The number of fused-ring (bicyclic) bond motifs is 1. The number of aryl methyl sites for hydroxylation is 3. The molecule has 3 rings (SSSR count). The highest BCUT2D eigenvalue weighted by molar-refractivity contribution is 8.00. The van der Waals surface area contributed by atoms with Crippen LogP contribution in [-0.4, -0.2) is 56.6 Å². The Kier molecular flexibility index (Phi) is 7.21. The Labute approximate surface area is 192 Å². The van der Waals surface area contributed by atoms with Gasteiger partial charge in [0.25, 0.3) is 5.78 Å². The predicted molar refractivity (Wildman–Crippen MR) is 125 cm³/mol. The van der Waals surface area contributed by atoms with Crippen molar-refractivity contribution in [3.63, 3.8) is 0 Å². The molecule has 0 fully saturated rings. The van der Waals surface area contributed by atoms with Crippen LogP contribution in [0.1, 0.15) is 37.7 Å². The molecule has 0 saturated heterocycles. The molecule has 0 bridgehead atoms. The Morgan fingerprint density at radius 3 is 2.50 bits per heavy atom. The van der Waals surface area contributed by atoms with Gasteiger partial charge in [-0.3, -0.25) is 9.20 Å². The average molecular weight is 477 g/mol. The van der Waals surface area contributed by atoms with Crippen molar-refractivity contribution in [2.75, 3.05) is 18.4 Å². The number of carbonyl (C=O) groups is 1. The van der Waals surface area contributed by atoms with E-state index in [0.29, 0.717) is 35.3 Å². The number of anilines is 1. The van der Waals surface area contributed by atoms with Crippen molar-refractivity contribution in [3.8, 4) is 0 Å². The number of nitrogens with zero attached hydrogens (tertiary/aromatic N) is 5. The van der Waals surface area contributed by atoms with E-state index >= 15 is 0 Å². The smallest absolute Gasteiger partial charge is 0.256 e. The molecule has 0 aliphatic heterocycles. The van der Waals surface area contributed by atoms with E-state index in [-0.39, 0.29) is 10.8 Å². The summed E-state index contributed by atoms with van der Waals surface area (Å²) in [5.41, 5.74) is 2.83. The van der Waals surface area contributed by atoms with Crippen molar-refractivity contribution < 1.29 is 13.2 Å². The minimum Gasteiger partial charge on any atom is -0.325 e. The Morgan fingerprint density at radius 1 is 1.16 bits per heavy atom. The third kappa shape index (κ3) is 4.79. The fourth-order valence-corrected chi connectivity index (χ4v) is 6.00. The highest BCUT2D eigenvalue weighted by Crippen LogP contribution is 2.26. The number of carbonyl (C=O) groups excluding carboxylic acids is 1. The van der Waals surface area contributed by atoms with Crippen LogP contribution >= 0.6 is 11.8 Å². The molecule has 0 radical (unpaired) electrons. The number of rotatable bonds is 8. The van der Waals surface area contributed by atoms with Gasteiger partial charge >= 0.3 is 0 Å². The van der Waals surface area contributed by atoms with Gasteiger partial charge in [-0.05, 0) is 51.5 Å². The van der Waals surface area contributed by atoms with Crippen molar-refractivity contribution >= 4 is 39.2 Å². The molecule has 0 spiro atoms. The SMILES string of the molecule is CCN(CC)S(=O)(=O)c1cc(NC(=O)[C@@H](C)Sc2nnc3nc(C)cc(C)n23)ccc1C. The fraction of sp³-hybridized carbons (Fsp3) is 0.429. The van der Waals surface area contributed by atoms with Crippen LogP contribution in [0.3, 0.4) is 0 Å². The summed E-state index contributed by atoms with van der Waals surface area (Å²) < 4.78 is 29.1. The van der Waals surface area contributed by atoms with Crippen molar-refractivity contribution in [1.82, 2.24) is 23.9 Å². The Bertz CT molecular complexity index is 1250. The quantitative estimate of drug-likeness (QED) is 0.497. The summed E-state index contributed by atoms with van der Waals surface area (Å²) in [6, 6.07) is 6.85. The molecule has 3 aromatic rings. The van der Waals surface area contributed by atoms with E-state index in [0.717, 1.165) is 11.4 Å². The molecule has 0 aliphatic carbocycles. The van der Waals surface area contributed by atoms with E-state index in [1.54, 1.807) is 39.8 Å². The summed E-state index contributed by atoms with van der Waals surface area (Å²) in [6.07, 6.45) is 0. The van der Waals surface area contributed by atoms with Gasteiger partial charge in [0.2, 0.25) is 15.9 Å². The maximum Gasteiger partial charge on any atom is 0.256 e. The highest BCUT2D eigenvalue weighted by Gasteiger charge is 2.25. The number of hydrogen-bond donors (Lipinski definition) is 1. The minimum absolute atomic E-state index is 0.194. The van der Waals surface area contributed by atoms with Crippen molar-refractivity contribution in [3.05, 3.63) is 41.2 Å². The van der Waals surface area contributed by atoms with Crippen LogP contribution in [-0.2, 0) is 14.8 Å². The average Bonchev–Trinajstić information content (AvgIpc) is 3.12. The number of amides is 1. The fourth-order valence-electron chi connectivity index (χ4n) is 3.39. The summed E-state index contributed by atoms with van der Waals surface area (Å²) >= 11 is 1.26. The molecule has 1 aromatic carbocycles. The first-order valence-electron chi connectivity index (χ1n) is 10.4. The molecular formula is C21H28N6O3S2. The van der Waals surface area contributed by atoms with Gasteiger partial charge in [-0.25, -0.2) is 13.4 Å². The van der Waals surface area contributed by atoms with Crippen LogP contribution < -0.4 is 5.32 Å². The standard InChI is InChI=1S/C21H28N6O3S2/c1-7-26(8-2)32(29,30)18-12-17(10-9-13(18)3)23-19(28)16(6)31-21-25-24-20-22-14(4)11-15(5)27(20)21/h9-12,16H,7-8H2,1-6H3,(H,23,28)/t16-/m1/s1. The van der Waals surface area contributed by atoms with Crippen molar-refractivity contribution in [2.45, 2.75) is 56.8 Å². The van der Waals surface area contributed by atoms with E-state index in [9.17, 15) is 13.2 Å². The molecule has 0 saturated carbocycles. The summed E-state index contributed by atoms with van der Waals surface area (Å²) in [5.74, 6) is 0.224. The van der Waals surface area contributed by atoms with E-state index in [4.69, 9.17) is 0 Å². The number of thioether (sulfide) groups is 1. The van der Waals surface area contributed by atoms with Crippen LogP contribution in [0.2, 0.25) is 0 Å². The van der Waals surface area contributed by atoms with Crippen molar-refractivity contribution in [1.29, 1.82) is 0 Å². The first kappa shape index (κ1) is 24.1. The number of nitrogens with one attached hydrogen (secondary N) is 1. The molecule has 9 nitrogen and oxygen atoms in total. The first-order chi connectivity index (χ1) is 15.1. The van der Waals surface area contributed by atoms with Crippen LogP contribution in [0.5, 0.6) is 0 Å². The largest absolute Gasteiger partial charge is 0.325 e. The highest BCUT2D eigenvalue weighted by atomic mass is 32.2. The zero-order valence-electron chi connectivity index (χ0n) is 19.1. The number of benzene rings is 1. The van der Waals surface area contributed by atoms with Gasteiger partial charge in [-0.2, -0.15) is 4.31 Å². The van der Waals surface area contributed by atoms with Crippen molar-refractivity contribution in [2.24, 2.45) is 0 Å². The van der Waals surface area contributed by atoms with Gasteiger partial charge in [-0.15, -0.1) is 10.2 Å². The molecule has 0 unspecified atom stereocenters. The van der Waals surface area contributed by atoms with Crippen LogP contribution in [0.15, 0.2) is 34.3 Å². The summed E-state index contributed by atoms with van der Waals surface area (Å²) in [6.45, 7) is 11.7. The molecule has 172 valence electrons. The molecule has 11 heteroatoms. The summed E-state index contributed by atoms with van der Waals surface area (Å²) in [5, 5.41) is 11.2. The second kappa shape index (κ2) is 9.55. The Morgan fingerprint density at radius 2 is 1.84 bits per heavy atom. The van der Waals surface area contributed by atoms with Crippen LogP contribution in [0.25, 0.3) is 5.78 Å². The van der Waals surface area contributed by atoms with E-state index in [1.165, 1.54) is 22.1 Å². The minimum atomic E-state index is -3.64. The van der Waals surface area contributed by atoms with Gasteiger partial charge in [0.05, 0.1) is 10.1 Å². The van der Waals surface area contributed by atoms with Crippen LogP contribution in [0, 0.1) is 20.8 Å². The first-order valence-corrected chi connectivity index (χ1v) is 12.7. The zero-order valence-corrected chi connectivity index (χ0v) is 20.7. The monoisotopic (exact) mass is 476 g/mol. The lowest BCUT2D eigenvalue weighted by Gasteiger charge is -2.20. The Balaban J connectivity index is 1.80. The zero-order chi connectivity index (χ0) is 23.6. The second-order valence-electron chi connectivity index (χ2n) is 7.48. The number of sulfonamides is 1. The third-order valence-corrected chi connectivity index (χ3v) is 8.33. The number of aromatic nitrogens is 4. The summed E-state index contributed by atoms with van der Waals surface area (Å²) in [7, 11) is -3.64. The van der Waals surface area contributed by atoms with Gasteiger partial charge in [0.1, 0.15) is 0 Å². The van der Waals surface area contributed by atoms with E-state index < -0.39 is 15.3 Å². The molecule has 0 aliphatic rings. The normalized spacial score (nSPS) is 13.0. The lowest BCUT2D eigenvalue weighted by Crippen LogP contribution is -2.31. The predicted octanol–water partition coefficient (Wildman–Crippen LogP) is 3.20. The molecule has 1 atom stereocenters. The van der Waals surface area contributed by atoms with Gasteiger partial charge in [0.15, 0.2) is 5.16 Å². The molecule has 2 aromatic heterocycles. The lowest BCUT2D eigenvalue weighted by molar-refractivity contribution is -0.115. The van der Waals surface area contributed by atoms with Gasteiger partial charge in [0, 0.05) is 30.2 Å². The Hall–Kier alpha value is -2.50. The third-order valence-electron chi connectivity index (χ3n) is 5.09. The van der Waals surface area contributed by atoms with Gasteiger partial charge < -0.3 is 5.32 Å². The molecule has 2 heterocycles. The maximum atomic E-state index is 13.0. The molecule has 1 amide bonds. The lowest BCUT2D eigenvalue weighted by atomic mass is 10.2. The summed E-state index contributed by atoms with van der Waals surface area (Å²) in [4.78, 5) is 17.4. The van der Waals surface area contributed by atoms with Gasteiger partial charge in [-0.1, -0.05) is 31.7 Å². The molecule has 1 N–H and O–H groups in total. The number of hydrogen-bond acceptors (Lipinski definition) is 7. The maximum absolute atomic E-state index is 13.0. The molecular weight excluding hydrogens is 448 g/mol. The second-order valence-corrected chi connectivity index (χ2v) is 10.7. The van der Waals surface area contributed by atoms with E-state index in [1.807, 2.05) is 24.3 Å². The van der Waals surface area contributed by atoms with E-state index in [2.05, 4.69) is 20.5 Å². The topological polar surface area (TPSA) is 110 Å².